The molecule has 3 heteroatoms. The van der Waals surface area contributed by atoms with E-state index in [0.717, 1.165) is 27.6 Å². The van der Waals surface area contributed by atoms with Crippen molar-refractivity contribution in [3.8, 4) is 0 Å². The van der Waals surface area contributed by atoms with Crippen molar-refractivity contribution in [3.05, 3.63) is 96.1 Å². The highest BCUT2D eigenvalue weighted by Gasteiger charge is 2.50. The maximum Gasteiger partial charge on any atom is 0.137 e. The van der Waals surface area contributed by atoms with Crippen LogP contribution >= 0.6 is 0 Å². The summed E-state index contributed by atoms with van der Waals surface area (Å²) in [5, 5.41) is 14.5. The average Bonchev–Trinajstić information content (AvgIpc) is 2.93. The normalized spacial score (nSPS) is 20.7. The van der Waals surface area contributed by atoms with E-state index in [2.05, 4.69) is 0 Å². The number of anilines is 1. The lowest BCUT2D eigenvalue weighted by Gasteiger charge is -2.34. The summed E-state index contributed by atoms with van der Waals surface area (Å²) in [5.74, 6) is 0. The molecule has 3 nitrogen and oxygen atoms in total. The van der Waals surface area contributed by atoms with Gasteiger partial charge in [-0.3, -0.25) is 0 Å². The first-order valence-electron chi connectivity index (χ1n) is 8.54. The summed E-state index contributed by atoms with van der Waals surface area (Å²) in [4.78, 5) is 4.93. The third-order valence-corrected chi connectivity index (χ3v) is 4.88. The van der Waals surface area contributed by atoms with Crippen molar-refractivity contribution in [1.29, 1.82) is 0 Å². The third kappa shape index (κ3) is 2.36. The Morgan fingerprint density at radius 1 is 0.840 bits per heavy atom. The Kier molecular flexibility index (Phi) is 3.86. The summed E-state index contributed by atoms with van der Waals surface area (Å²) in [5.41, 5.74) is 3.43. The molecule has 3 aromatic carbocycles. The molecule has 0 saturated heterocycles. The first-order valence-corrected chi connectivity index (χ1v) is 8.54. The minimum absolute atomic E-state index is 0.640. The largest absolute Gasteiger partial charge is 0.250 e. The van der Waals surface area contributed by atoms with Gasteiger partial charge in [0.1, 0.15) is 5.54 Å². The standard InChI is InChI=1S/C22H19N2O/c1-2-22(17-11-5-3-6-12-17)21(23-18-13-7-4-8-14-18)19-15-9-10-16-20(19)24(22)25/h3-16H,2H2,1H3. The number of aliphatic imine (C=N–C) groups is 1. The van der Waals surface area contributed by atoms with Crippen LogP contribution < -0.4 is 5.06 Å². The molecule has 4 rings (SSSR count). The van der Waals surface area contributed by atoms with Gasteiger partial charge in [-0.2, -0.15) is 0 Å². The molecule has 0 spiro atoms. The van der Waals surface area contributed by atoms with Gasteiger partial charge in [-0.15, -0.1) is 0 Å². The zero-order valence-electron chi connectivity index (χ0n) is 14.1. The fourth-order valence-corrected chi connectivity index (χ4v) is 3.64. The van der Waals surface area contributed by atoms with Crippen LogP contribution in [0, 0.1) is 0 Å². The summed E-state index contributed by atoms with van der Waals surface area (Å²) in [6.07, 6.45) is 0.640. The molecule has 0 bridgehead atoms. The minimum atomic E-state index is -0.805. The Bertz CT molecular complexity index is 906. The van der Waals surface area contributed by atoms with Crippen molar-refractivity contribution in [3.63, 3.8) is 0 Å². The van der Waals surface area contributed by atoms with Gasteiger partial charge in [-0.1, -0.05) is 78.9 Å². The van der Waals surface area contributed by atoms with E-state index < -0.39 is 5.54 Å². The molecule has 1 radical (unpaired) electrons. The van der Waals surface area contributed by atoms with E-state index in [4.69, 9.17) is 4.99 Å². The van der Waals surface area contributed by atoms with Crippen molar-refractivity contribution in [2.75, 3.05) is 5.06 Å². The lowest BCUT2D eigenvalue weighted by Crippen LogP contribution is -2.45. The molecule has 0 aliphatic carbocycles. The van der Waals surface area contributed by atoms with Crippen LogP contribution in [0.2, 0.25) is 0 Å². The summed E-state index contributed by atoms with van der Waals surface area (Å²) in [7, 11) is 0. The summed E-state index contributed by atoms with van der Waals surface area (Å²) in [6, 6.07) is 27.5. The molecular weight excluding hydrogens is 308 g/mol. The van der Waals surface area contributed by atoms with E-state index in [9.17, 15) is 5.21 Å². The second-order valence-electron chi connectivity index (χ2n) is 6.19. The van der Waals surface area contributed by atoms with Crippen LogP contribution in [0.4, 0.5) is 11.4 Å². The van der Waals surface area contributed by atoms with Gasteiger partial charge in [0.15, 0.2) is 0 Å². The fourth-order valence-electron chi connectivity index (χ4n) is 3.64. The molecule has 123 valence electrons. The first kappa shape index (κ1) is 15.6. The van der Waals surface area contributed by atoms with Crippen molar-refractivity contribution >= 4 is 17.1 Å². The molecule has 3 aromatic rings. The Morgan fingerprint density at radius 3 is 2.12 bits per heavy atom. The van der Waals surface area contributed by atoms with Crippen LogP contribution in [-0.4, -0.2) is 5.71 Å². The van der Waals surface area contributed by atoms with Crippen LogP contribution in [-0.2, 0) is 10.7 Å². The van der Waals surface area contributed by atoms with Crippen molar-refractivity contribution in [2.45, 2.75) is 18.9 Å². The van der Waals surface area contributed by atoms with Crippen molar-refractivity contribution < 1.29 is 5.21 Å². The van der Waals surface area contributed by atoms with E-state index in [1.807, 2.05) is 91.9 Å². The zero-order chi connectivity index (χ0) is 17.3. The highest BCUT2D eigenvalue weighted by Crippen LogP contribution is 2.47. The molecule has 1 unspecified atom stereocenters. The second kappa shape index (κ2) is 6.19. The summed E-state index contributed by atoms with van der Waals surface area (Å²) >= 11 is 0. The number of fused-ring (bicyclic) bond motifs is 1. The van der Waals surface area contributed by atoms with Gasteiger partial charge in [-0.05, 0) is 30.2 Å². The third-order valence-electron chi connectivity index (χ3n) is 4.88. The highest BCUT2D eigenvalue weighted by molar-refractivity contribution is 6.17. The van der Waals surface area contributed by atoms with E-state index in [1.54, 1.807) is 0 Å². The Labute approximate surface area is 147 Å². The molecule has 0 aromatic heterocycles. The van der Waals surface area contributed by atoms with Crippen molar-refractivity contribution in [1.82, 2.24) is 0 Å². The lowest BCUT2D eigenvalue weighted by molar-refractivity contribution is 0.109. The number of hydrogen-bond donors (Lipinski definition) is 0. The smallest absolute Gasteiger partial charge is 0.137 e. The Balaban J connectivity index is 2.00. The molecule has 1 atom stereocenters. The topological polar surface area (TPSA) is 35.5 Å². The summed E-state index contributed by atoms with van der Waals surface area (Å²) in [6.45, 7) is 2.05. The quantitative estimate of drug-likeness (QED) is 0.644. The average molecular weight is 327 g/mol. The lowest BCUT2D eigenvalue weighted by atomic mass is 9.82. The maximum absolute atomic E-state index is 13.4. The Morgan fingerprint density at radius 2 is 1.44 bits per heavy atom. The molecule has 1 aliphatic rings. The van der Waals surface area contributed by atoms with E-state index >= 15 is 0 Å². The van der Waals surface area contributed by atoms with Gasteiger partial charge in [0.2, 0.25) is 0 Å². The molecule has 0 saturated carbocycles. The number of nitrogens with zero attached hydrogens (tertiary/aromatic N) is 2. The number of hydroxylamine groups is 1. The molecule has 1 heterocycles. The predicted octanol–water partition coefficient (Wildman–Crippen LogP) is 5.28. The monoisotopic (exact) mass is 327 g/mol. The second-order valence-corrected chi connectivity index (χ2v) is 6.19. The van der Waals surface area contributed by atoms with Crippen molar-refractivity contribution in [2.24, 2.45) is 4.99 Å². The van der Waals surface area contributed by atoms with Gasteiger partial charge in [0.05, 0.1) is 17.1 Å². The van der Waals surface area contributed by atoms with Gasteiger partial charge in [0.25, 0.3) is 0 Å². The number of para-hydroxylation sites is 2. The SMILES string of the molecule is CCC1(c2ccccc2)C(=Nc2ccccc2)c2ccccc2N1[O]. The first-order chi connectivity index (χ1) is 12.3. The van der Waals surface area contributed by atoms with E-state index in [1.165, 1.54) is 0 Å². The number of hydrogen-bond acceptors (Lipinski definition) is 2. The Hall–Kier alpha value is -2.91. The van der Waals surface area contributed by atoms with Crippen LogP contribution in [0.1, 0.15) is 24.5 Å². The maximum atomic E-state index is 13.4. The highest BCUT2D eigenvalue weighted by atomic mass is 16.5. The fraction of sp³-hybridized carbons (Fsp3) is 0.136. The van der Waals surface area contributed by atoms with Gasteiger partial charge in [0, 0.05) is 5.56 Å². The minimum Gasteiger partial charge on any atom is -0.250 e. The van der Waals surface area contributed by atoms with E-state index in [-0.39, 0.29) is 0 Å². The molecular formula is C22H19N2O. The number of rotatable bonds is 3. The molecule has 0 amide bonds. The van der Waals surface area contributed by atoms with Crippen LogP contribution in [0.3, 0.4) is 0 Å². The molecule has 25 heavy (non-hydrogen) atoms. The van der Waals surface area contributed by atoms with Gasteiger partial charge >= 0.3 is 0 Å². The van der Waals surface area contributed by atoms with E-state index in [0.29, 0.717) is 12.1 Å². The molecule has 1 aliphatic heterocycles. The summed E-state index contributed by atoms with van der Waals surface area (Å²) < 4.78 is 0. The zero-order valence-corrected chi connectivity index (χ0v) is 14.1. The van der Waals surface area contributed by atoms with Crippen LogP contribution in [0.15, 0.2) is 89.9 Å². The van der Waals surface area contributed by atoms with Crippen LogP contribution in [0.25, 0.3) is 0 Å². The predicted molar refractivity (Wildman–Crippen MR) is 101 cm³/mol. The van der Waals surface area contributed by atoms with Gasteiger partial charge in [-0.25, -0.2) is 10.1 Å². The van der Waals surface area contributed by atoms with Crippen LogP contribution in [0.5, 0.6) is 0 Å². The number of benzene rings is 3. The van der Waals surface area contributed by atoms with Gasteiger partial charge < -0.3 is 0 Å². The molecule has 0 fully saturated rings. The molecule has 0 N–H and O–H groups in total.